The van der Waals surface area contributed by atoms with Crippen LogP contribution < -0.4 is 10.1 Å². The molecule has 0 saturated carbocycles. The van der Waals surface area contributed by atoms with Crippen LogP contribution >= 0.6 is 22.9 Å². The van der Waals surface area contributed by atoms with Gasteiger partial charge in [-0.15, -0.1) is 10.2 Å². The average molecular weight is 429 g/mol. The third-order valence-electron chi connectivity index (χ3n) is 3.87. The highest BCUT2D eigenvalue weighted by Crippen LogP contribution is 2.31. The highest BCUT2D eigenvalue weighted by atomic mass is 35.5. The van der Waals surface area contributed by atoms with Gasteiger partial charge in [0.1, 0.15) is 33.9 Å². The van der Waals surface area contributed by atoms with Crippen molar-refractivity contribution in [1.29, 1.82) is 5.26 Å². The molecular formula is C20H17ClN4O3S. The fourth-order valence-electron chi connectivity index (χ4n) is 2.48. The number of nitrogens with zero attached hydrogens (tertiary/aromatic N) is 3. The molecule has 0 bridgehead atoms. The zero-order valence-corrected chi connectivity index (χ0v) is 17.3. The SMILES string of the molecule is CCCc1nnc(NC(=O)/C(C#N)=C\c2ccc(-c3ccc(OC)c(Cl)c3)o2)s1. The van der Waals surface area contributed by atoms with E-state index in [1.807, 2.05) is 13.0 Å². The van der Waals surface area contributed by atoms with Crippen molar-refractivity contribution < 1.29 is 13.9 Å². The van der Waals surface area contributed by atoms with Gasteiger partial charge in [-0.25, -0.2) is 0 Å². The molecule has 0 unspecified atom stereocenters. The van der Waals surface area contributed by atoms with Crippen molar-refractivity contribution in [2.24, 2.45) is 0 Å². The summed E-state index contributed by atoms with van der Waals surface area (Å²) in [5, 5.41) is 21.5. The lowest BCUT2D eigenvalue weighted by atomic mass is 10.1. The molecule has 29 heavy (non-hydrogen) atoms. The smallest absolute Gasteiger partial charge is 0.268 e. The van der Waals surface area contributed by atoms with Crippen LogP contribution in [0.4, 0.5) is 5.13 Å². The second-order valence-corrected chi connectivity index (χ2v) is 7.40. The summed E-state index contributed by atoms with van der Waals surface area (Å²) >= 11 is 7.44. The molecule has 0 aliphatic heterocycles. The Bertz CT molecular complexity index is 1100. The van der Waals surface area contributed by atoms with E-state index in [1.165, 1.54) is 24.5 Å². The number of carbonyl (C=O) groups is 1. The minimum absolute atomic E-state index is 0.106. The number of halogens is 1. The van der Waals surface area contributed by atoms with Gasteiger partial charge in [0.05, 0.1) is 12.1 Å². The van der Waals surface area contributed by atoms with Gasteiger partial charge in [0.2, 0.25) is 5.13 Å². The Hall–Kier alpha value is -3.15. The lowest BCUT2D eigenvalue weighted by Gasteiger charge is -2.04. The van der Waals surface area contributed by atoms with Crippen molar-refractivity contribution in [3.05, 3.63) is 51.7 Å². The van der Waals surface area contributed by atoms with Crippen LogP contribution in [0, 0.1) is 11.3 Å². The Kier molecular flexibility index (Phi) is 6.65. The highest BCUT2D eigenvalue weighted by molar-refractivity contribution is 7.15. The normalized spacial score (nSPS) is 11.2. The lowest BCUT2D eigenvalue weighted by Crippen LogP contribution is -2.13. The molecule has 1 aromatic carbocycles. The summed E-state index contributed by atoms with van der Waals surface area (Å²) in [5.41, 5.74) is 0.640. The van der Waals surface area contributed by atoms with Crippen molar-refractivity contribution in [3.8, 4) is 23.1 Å². The third kappa shape index (κ3) is 5.02. The second-order valence-electron chi connectivity index (χ2n) is 5.93. The minimum atomic E-state index is -0.572. The number of aryl methyl sites for hydroxylation is 1. The highest BCUT2D eigenvalue weighted by Gasteiger charge is 2.14. The summed E-state index contributed by atoms with van der Waals surface area (Å²) in [6.07, 6.45) is 3.10. The Morgan fingerprint density at radius 2 is 2.21 bits per heavy atom. The number of hydrogen-bond acceptors (Lipinski definition) is 7. The maximum Gasteiger partial charge on any atom is 0.268 e. The van der Waals surface area contributed by atoms with Crippen LogP contribution in [0.5, 0.6) is 5.75 Å². The number of rotatable bonds is 7. The number of hydrogen-bond donors (Lipinski definition) is 1. The first-order valence-electron chi connectivity index (χ1n) is 8.73. The fourth-order valence-corrected chi connectivity index (χ4v) is 3.57. The zero-order valence-electron chi connectivity index (χ0n) is 15.7. The van der Waals surface area contributed by atoms with Gasteiger partial charge < -0.3 is 9.15 Å². The van der Waals surface area contributed by atoms with Gasteiger partial charge in [0, 0.05) is 18.1 Å². The molecule has 0 radical (unpaired) electrons. The first-order valence-corrected chi connectivity index (χ1v) is 9.92. The number of carbonyl (C=O) groups excluding carboxylic acids is 1. The number of nitriles is 1. The van der Waals surface area contributed by atoms with E-state index in [0.717, 1.165) is 23.4 Å². The quantitative estimate of drug-likeness (QED) is 0.421. The zero-order chi connectivity index (χ0) is 20.8. The summed E-state index contributed by atoms with van der Waals surface area (Å²) in [4.78, 5) is 12.4. The Labute approximate surface area is 176 Å². The van der Waals surface area contributed by atoms with Gasteiger partial charge in [0.15, 0.2) is 0 Å². The number of ether oxygens (including phenoxy) is 1. The Morgan fingerprint density at radius 1 is 1.38 bits per heavy atom. The predicted molar refractivity (Wildman–Crippen MR) is 112 cm³/mol. The summed E-state index contributed by atoms with van der Waals surface area (Å²) < 4.78 is 10.9. The third-order valence-corrected chi connectivity index (χ3v) is 5.06. The van der Waals surface area contributed by atoms with Crippen LogP contribution in [-0.2, 0) is 11.2 Å². The molecule has 0 saturated heterocycles. The van der Waals surface area contributed by atoms with Crippen molar-refractivity contribution >= 4 is 40.1 Å². The number of amides is 1. The molecular weight excluding hydrogens is 412 g/mol. The van der Waals surface area contributed by atoms with Gasteiger partial charge >= 0.3 is 0 Å². The van der Waals surface area contributed by atoms with E-state index in [2.05, 4.69) is 15.5 Å². The van der Waals surface area contributed by atoms with E-state index in [4.69, 9.17) is 20.8 Å². The van der Waals surface area contributed by atoms with Crippen molar-refractivity contribution in [2.45, 2.75) is 19.8 Å². The maximum atomic E-state index is 12.4. The minimum Gasteiger partial charge on any atom is -0.495 e. The van der Waals surface area contributed by atoms with Crippen molar-refractivity contribution in [3.63, 3.8) is 0 Å². The molecule has 3 aromatic rings. The second kappa shape index (κ2) is 9.37. The van der Waals surface area contributed by atoms with Gasteiger partial charge in [-0.1, -0.05) is 29.9 Å². The molecule has 9 heteroatoms. The molecule has 0 spiro atoms. The largest absolute Gasteiger partial charge is 0.495 e. The molecule has 1 N–H and O–H groups in total. The van der Waals surface area contributed by atoms with Crippen LogP contribution in [-0.4, -0.2) is 23.2 Å². The predicted octanol–water partition coefficient (Wildman–Crippen LogP) is 4.96. The van der Waals surface area contributed by atoms with E-state index >= 15 is 0 Å². The number of nitrogens with one attached hydrogen (secondary N) is 1. The Balaban J connectivity index is 1.76. The number of anilines is 1. The van der Waals surface area contributed by atoms with E-state index < -0.39 is 5.91 Å². The first-order chi connectivity index (χ1) is 14.0. The molecule has 0 aliphatic rings. The average Bonchev–Trinajstić information content (AvgIpc) is 3.36. The molecule has 3 rings (SSSR count). The summed E-state index contributed by atoms with van der Waals surface area (Å²) in [7, 11) is 1.54. The summed E-state index contributed by atoms with van der Waals surface area (Å²) in [5.74, 6) is 0.899. The van der Waals surface area contributed by atoms with Crippen molar-refractivity contribution in [1.82, 2.24) is 10.2 Å². The van der Waals surface area contributed by atoms with Gasteiger partial charge in [0.25, 0.3) is 5.91 Å². The molecule has 0 atom stereocenters. The topological polar surface area (TPSA) is 101 Å². The summed E-state index contributed by atoms with van der Waals surface area (Å²) in [6.45, 7) is 2.04. The number of aromatic nitrogens is 2. The van der Waals surface area contributed by atoms with Crippen LogP contribution in [0.1, 0.15) is 24.1 Å². The molecule has 0 aliphatic carbocycles. The molecule has 2 heterocycles. The number of furan rings is 1. The Morgan fingerprint density at radius 3 is 2.90 bits per heavy atom. The van der Waals surface area contributed by atoms with E-state index in [9.17, 15) is 10.1 Å². The van der Waals surface area contributed by atoms with Crippen molar-refractivity contribution in [2.75, 3.05) is 12.4 Å². The van der Waals surface area contributed by atoms with Crippen LogP contribution in [0.25, 0.3) is 17.4 Å². The maximum absolute atomic E-state index is 12.4. The number of methoxy groups -OCH3 is 1. The molecule has 148 valence electrons. The van der Waals surface area contributed by atoms with E-state index in [-0.39, 0.29) is 5.57 Å². The molecule has 2 aromatic heterocycles. The molecule has 7 nitrogen and oxygen atoms in total. The fraction of sp³-hybridized carbons (Fsp3) is 0.200. The van der Waals surface area contributed by atoms with Gasteiger partial charge in [-0.2, -0.15) is 5.26 Å². The lowest BCUT2D eigenvalue weighted by molar-refractivity contribution is -0.112. The summed E-state index contributed by atoms with van der Waals surface area (Å²) in [6, 6.07) is 10.5. The standard InChI is InChI=1S/C20H17ClN4O3S/c1-3-4-18-24-25-20(29-18)23-19(26)13(11-22)9-14-6-8-16(28-14)12-5-7-17(27-2)15(21)10-12/h5-10H,3-4H2,1-2H3,(H,23,25,26)/b13-9-. The first kappa shape index (κ1) is 20.6. The van der Waals surface area contributed by atoms with Crippen LogP contribution in [0.3, 0.4) is 0 Å². The van der Waals surface area contributed by atoms with Crippen LogP contribution in [0.2, 0.25) is 5.02 Å². The van der Waals surface area contributed by atoms with Gasteiger partial charge in [-0.3, -0.25) is 10.1 Å². The van der Waals surface area contributed by atoms with E-state index in [1.54, 1.807) is 30.3 Å². The van der Waals surface area contributed by atoms with Gasteiger partial charge in [-0.05, 0) is 36.8 Å². The monoisotopic (exact) mass is 428 g/mol. The molecule has 0 fully saturated rings. The molecule has 1 amide bonds. The number of benzene rings is 1. The van der Waals surface area contributed by atoms with Crippen LogP contribution in [0.15, 0.2) is 40.3 Å². The van der Waals surface area contributed by atoms with E-state index in [0.29, 0.717) is 27.4 Å².